The van der Waals surface area contributed by atoms with Crippen molar-refractivity contribution in [2.75, 3.05) is 6.54 Å². The van der Waals surface area contributed by atoms with Crippen LogP contribution in [-0.2, 0) is 14.4 Å². The van der Waals surface area contributed by atoms with Crippen LogP contribution in [0.3, 0.4) is 0 Å². The lowest BCUT2D eigenvalue weighted by Gasteiger charge is -2.26. The summed E-state index contributed by atoms with van der Waals surface area (Å²) in [6.45, 7) is 0.0790. The summed E-state index contributed by atoms with van der Waals surface area (Å²) in [5, 5.41) is 21.2. The Morgan fingerprint density at radius 3 is 2.28 bits per heavy atom. The van der Waals surface area contributed by atoms with Crippen LogP contribution in [0, 0.1) is 0 Å². The lowest BCUT2D eigenvalue weighted by atomic mass is 9.95. The Balaban J connectivity index is 1.92. The fraction of sp³-hybridized carbons (Fsp3) is 0.174. The summed E-state index contributed by atoms with van der Waals surface area (Å²) in [4.78, 5) is 37.6. The number of ketones is 1. The number of allylic oxidation sites excluding steroid dienone is 1. The van der Waals surface area contributed by atoms with Gasteiger partial charge in [-0.25, -0.2) is 0 Å². The number of nitrogens with zero attached hydrogens (tertiary/aromatic N) is 1. The van der Waals surface area contributed by atoms with Gasteiger partial charge in [0.1, 0.15) is 0 Å². The molecule has 2 aromatic carbocycles. The highest BCUT2D eigenvalue weighted by Crippen LogP contribution is 2.38. The third-order valence-electron chi connectivity index (χ3n) is 4.69. The molecule has 0 saturated heterocycles. The molecule has 0 bridgehead atoms. The smallest absolute Gasteiger partial charge is 0.290 e. The molecule has 0 aliphatic carbocycles. The first kappa shape index (κ1) is 20.1. The van der Waals surface area contributed by atoms with Gasteiger partial charge in [0.05, 0.1) is 11.6 Å². The number of carboxylic acids is 1. The second kappa shape index (κ2) is 9.01. The summed E-state index contributed by atoms with van der Waals surface area (Å²) in [7, 11) is 0. The van der Waals surface area contributed by atoms with Gasteiger partial charge in [0.2, 0.25) is 0 Å². The number of aliphatic hydroxyl groups excluding tert-OH is 1. The number of benzene rings is 2. The molecule has 0 saturated carbocycles. The van der Waals surface area contributed by atoms with Gasteiger partial charge in [-0.2, -0.15) is 0 Å². The molecule has 0 spiro atoms. The average molecular weight is 390 g/mol. The molecule has 1 aliphatic rings. The van der Waals surface area contributed by atoms with Crippen LogP contribution in [0.25, 0.3) is 6.08 Å². The lowest BCUT2D eigenvalue weighted by Crippen LogP contribution is -2.33. The molecule has 1 atom stereocenters. The highest BCUT2D eigenvalue weighted by Gasteiger charge is 2.42. The largest absolute Gasteiger partial charge is 0.550 e. The molecule has 148 valence electrons. The third-order valence-corrected chi connectivity index (χ3v) is 4.69. The Morgan fingerprint density at radius 1 is 1.03 bits per heavy atom. The SMILES string of the molecule is O=C([O-])CCCN1C(=O)C(O)=C(C(=O)/C=C/c2ccccc2)[C@H]1c1ccccc1. The highest BCUT2D eigenvalue weighted by atomic mass is 16.4. The first-order valence-corrected chi connectivity index (χ1v) is 9.25. The van der Waals surface area contributed by atoms with Crippen LogP contribution in [0.4, 0.5) is 0 Å². The average Bonchev–Trinajstić information content (AvgIpc) is 2.98. The third kappa shape index (κ3) is 4.60. The quantitative estimate of drug-likeness (QED) is 0.697. The van der Waals surface area contributed by atoms with Crippen LogP contribution in [0.1, 0.15) is 30.0 Å². The molecule has 3 rings (SSSR count). The van der Waals surface area contributed by atoms with E-state index in [1.165, 1.54) is 11.0 Å². The van der Waals surface area contributed by atoms with Gasteiger partial charge in [0.15, 0.2) is 11.5 Å². The Kier molecular flexibility index (Phi) is 6.24. The van der Waals surface area contributed by atoms with E-state index in [2.05, 4.69) is 0 Å². The van der Waals surface area contributed by atoms with E-state index in [1.807, 2.05) is 30.3 Å². The summed E-state index contributed by atoms with van der Waals surface area (Å²) in [5.74, 6) is -2.98. The number of carbonyl (C=O) groups is 3. The summed E-state index contributed by atoms with van der Waals surface area (Å²) in [6.07, 6.45) is 2.89. The predicted molar refractivity (Wildman–Crippen MR) is 105 cm³/mol. The van der Waals surface area contributed by atoms with Gasteiger partial charge < -0.3 is 19.9 Å². The van der Waals surface area contributed by atoms with Crippen LogP contribution in [0.15, 0.2) is 78.1 Å². The van der Waals surface area contributed by atoms with Gasteiger partial charge in [0, 0.05) is 12.5 Å². The Labute approximate surface area is 168 Å². The zero-order chi connectivity index (χ0) is 20.8. The van der Waals surface area contributed by atoms with Gasteiger partial charge in [0.25, 0.3) is 5.91 Å². The van der Waals surface area contributed by atoms with Crippen molar-refractivity contribution < 1.29 is 24.6 Å². The van der Waals surface area contributed by atoms with Crippen LogP contribution >= 0.6 is 0 Å². The van der Waals surface area contributed by atoms with Gasteiger partial charge in [-0.15, -0.1) is 0 Å². The van der Waals surface area contributed by atoms with Gasteiger partial charge in [-0.05, 0) is 30.0 Å². The molecular weight excluding hydrogens is 370 g/mol. The molecule has 0 radical (unpaired) electrons. The van der Waals surface area contributed by atoms with Crippen molar-refractivity contribution in [3.63, 3.8) is 0 Å². The molecule has 1 aliphatic heterocycles. The number of carboxylic acid groups (broad SMARTS) is 1. The van der Waals surface area contributed by atoms with Crippen molar-refractivity contribution in [3.8, 4) is 0 Å². The fourth-order valence-electron chi connectivity index (χ4n) is 3.34. The predicted octanol–water partition coefficient (Wildman–Crippen LogP) is 2.19. The monoisotopic (exact) mass is 390 g/mol. The Morgan fingerprint density at radius 2 is 1.66 bits per heavy atom. The first-order chi connectivity index (χ1) is 14.0. The molecule has 0 aromatic heterocycles. The number of hydrogen-bond acceptors (Lipinski definition) is 5. The van der Waals surface area contributed by atoms with E-state index in [4.69, 9.17) is 0 Å². The normalized spacial score (nSPS) is 16.6. The minimum Gasteiger partial charge on any atom is -0.550 e. The standard InChI is InChI=1S/C23H21NO5/c25-18(14-13-16-8-3-1-4-9-16)20-21(17-10-5-2-6-11-17)24(23(29)22(20)28)15-7-12-19(26)27/h1-6,8-11,13-14,21,28H,7,12,15H2,(H,26,27)/p-1/b14-13+/t21-/m1/s1. The second-order valence-corrected chi connectivity index (χ2v) is 6.66. The van der Waals surface area contributed by atoms with E-state index in [-0.39, 0.29) is 25.0 Å². The topological polar surface area (TPSA) is 97.7 Å². The van der Waals surface area contributed by atoms with Crippen molar-refractivity contribution >= 4 is 23.7 Å². The van der Waals surface area contributed by atoms with Crippen molar-refractivity contribution in [1.82, 2.24) is 4.90 Å². The van der Waals surface area contributed by atoms with E-state index >= 15 is 0 Å². The summed E-state index contributed by atoms with van der Waals surface area (Å²) in [5.41, 5.74) is 1.46. The molecule has 0 unspecified atom stereocenters. The number of carbonyl (C=O) groups excluding carboxylic acids is 3. The van der Waals surface area contributed by atoms with E-state index < -0.39 is 29.5 Å². The summed E-state index contributed by atoms with van der Waals surface area (Å²) in [6, 6.07) is 17.3. The van der Waals surface area contributed by atoms with Crippen LogP contribution in [-0.4, -0.2) is 34.2 Å². The minimum atomic E-state index is -1.22. The van der Waals surface area contributed by atoms with Gasteiger partial charge in [-0.3, -0.25) is 9.59 Å². The number of hydrogen-bond donors (Lipinski definition) is 1. The number of amides is 1. The zero-order valence-corrected chi connectivity index (χ0v) is 15.7. The minimum absolute atomic E-state index is 0.0122. The van der Waals surface area contributed by atoms with Crippen molar-refractivity contribution in [2.45, 2.75) is 18.9 Å². The molecule has 1 heterocycles. The highest BCUT2D eigenvalue weighted by molar-refractivity contribution is 6.14. The first-order valence-electron chi connectivity index (χ1n) is 9.25. The molecule has 1 N–H and O–H groups in total. The molecule has 6 nitrogen and oxygen atoms in total. The summed E-state index contributed by atoms with van der Waals surface area (Å²) >= 11 is 0. The maximum Gasteiger partial charge on any atom is 0.290 e. The van der Waals surface area contributed by atoms with Gasteiger partial charge in [-0.1, -0.05) is 66.7 Å². The van der Waals surface area contributed by atoms with Crippen molar-refractivity contribution in [2.24, 2.45) is 0 Å². The van der Waals surface area contributed by atoms with E-state index in [0.29, 0.717) is 5.56 Å². The number of aliphatic carboxylic acids is 1. The van der Waals surface area contributed by atoms with E-state index in [0.717, 1.165) is 5.56 Å². The fourth-order valence-corrected chi connectivity index (χ4v) is 3.34. The molecule has 1 amide bonds. The van der Waals surface area contributed by atoms with E-state index in [9.17, 15) is 24.6 Å². The van der Waals surface area contributed by atoms with Crippen LogP contribution in [0.2, 0.25) is 0 Å². The van der Waals surface area contributed by atoms with Crippen LogP contribution in [0.5, 0.6) is 0 Å². The zero-order valence-electron chi connectivity index (χ0n) is 15.7. The van der Waals surface area contributed by atoms with Crippen molar-refractivity contribution in [1.29, 1.82) is 0 Å². The molecule has 0 fully saturated rings. The van der Waals surface area contributed by atoms with E-state index in [1.54, 1.807) is 36.4 Å². The molecule has 29 heavy (non-hydrogen) atoms. The Hall–Kier alpha value is -3.67. The molecule has 6 heteroatoms. The van der Waals surface area contributed by atoms with Crippen LogP contribution < -0.4 is 5.11 Å². The lowest BCUT2D eigenvalue weighted by molar-refractivity contribution is -0.305. The maximum absolute atomic E-state index is 12.9. The number of aliphatic hydroxyl groups is 1. The number of rotatable bonds is 8. The Bertz CT molecular complexity index is 963. The summed E-state index contributed by atoms with van der Waals surface area (Å²) < 4.78 is 0. The van der Waals surface area contributed by atoms with Crippen molar-refractivity contribution in [3.05, 3.63) is 89.2 Å². The van der Waals surface area contributed by atoms with Gasteiger partial charge >= 0.3 is 0 Å². The maximum atomic E-state index is 12.9. The molecule has 2 aromatic rings. The second-order valence-electron chi connectivity index (χ2n) is 6.66. The molecular formula is C23H20NO5-.